The Morgan fingerprint density at radius 2 is 0.853 bits per heavy atom. The Bertz CT molecular complexity index is 4170. The Kier molecular flexibility index (Phi) is 9.58. The van der Waals surface area contributed by atoms with E-state index in [1.165, 1.54) is 55.1 Å². The fraction of sp³-hybridized carbons (Fsp3) is 0.0571. The topological polar surface area (TPSA) is 20.6 Å². The van der Waals surface area contributed by atoms with Crippen LogP contribution in [0.25, 0.3) is 72.0 Å². The summed E-state index contributed by atoms with van der Waals surface area (Å²) >= 11 is 0. The molecule has 0 bridgehead atoms. The van der Waals surface area contributed by atoms with Crippen molar-refractivity contribution in [2.24, 2.45) is 0 Å². The highest BCUT2D eigenvalue weighted by molar-refractivity contribution is 7.00. The van der Waals surface area contributed by atoms with Gasteiger partial charge in [0.1, 0.15) is 11.5 Å². The number of rotatable bonds is 4. The quantitative estimate of drug-likeness (QED) is 0.164. The van der Waals surface area contributed by atoms with E-state index in [1.54, 1.807) is 0 Å². The second-order valence-electron chi connectivity index (χ2n) is 21.2. The molecule has 354 valence electrons. The lowest BCUT2D eigenvalue weighted by atomic mass is 9.33. The van der Waals surface area contributed by atoms with E-state index in [-0.39, 0.29) is 12.1 Å². The summed E-state index contributed by atoms with van der Waals surface area (Å²) in [5.41, 5.74) is 24.1. The fourth-order valence-corrected chi connectivity index (χ4v) is 12.6. The van der Waals surface area contributed by atoms with E-state index in [4.69, 9.17) is 4.74 Å². The Balaban J connectivity index is 1.12. The van der Waals surface area contributed by atoms with Crippen molar-refractivity contribution in [3.63, 3.8) is 0 Å². The largest absolute Gasteiger partial charge is 0.456 e. The average molecular weight is 960 g/mol. The second kappa shape index (κ2) is 16.6. The number of benzene rings is 11. The molecule has 75 heavy (non-hydrogen) atoms. The first-order valence-electron chi connectivity index (χ1n) is 26.1. The van der Waals surface area contributed by atoms with E-state index < -0.39 is 0 Å². The van der Waals surface area contributed by atoms with Crippen LogP contribution in [0, 0.1) is 0 Å². The van der Waals surface area contributed by atoms with Gasteiger partial charge in [0.2, 0.25) is 0 Å². The van der Waals surface area contributed by atoms with Gasteiger partial charge in [0.25, 0.3) is 6.71 Å². The minimum absolute atomic E-state index is 0.145. The molecule has 4 heterocycles. The number of hydrogen-bond donors (Lipinski definition) is 0. The van der Waals surface area contributed by atoms with Gasteiger partial charge in [-0.05, 0) is 93.1 Å². The number of anilines is 6. The van der Waals surface area contributed by atoms with Crippen molar-refractivity contribution in [2.75, 3.05) is 9.80 Å². The predicted molar refractivity (Wildman–Crippen MR) is 315 cm³/mol. The van der Waals surface area contributed by atoms with Gasteiger partial charge in [0, 0.05) is 72.6 Å². The van der Waals surface area contributed by atoms with Crippen molar-refractivity contribution in [1.82, 2.24) is 4.57 Å². The molecule has 0 amide bonds. The van der Waals surface area contributed by atoms with Crippen molar-refractivity contribution in [3.05, 3.63) is 254 Å². The maximum atomic E-state index is 7.07. The maximum Gasteiger partial charge on any atom is 0.252 e. The zero-order valence-electron chi connectivity index (χ0n) is 42.0. The Hall–Kier alpha value is -9.32. The van der Waals surface area contributed by atoms with Gasteiger partial charge in [-0.25, -0.2) is 0 Å². The van der Waals surface area contributed by atoms with Crippen LogP contribution in [0.2, 0.25) is 0 Å². The molecule has 4 nitrogen and oxygen atoms in total. The molecule has 0 N–H and O–H groups in total. The molecule has 3 aliphatic rings. The van der Waals surface area contributed by atoms with Crippen LogP contribution in [0.3, 0.4) is 0 Å². The summed E-state index contributed by atoms with van der Waals surface area (Å²) < 4.78 is 9.54. The van der Waals surface area contributed by atoms with E-state index in [0.717, 1.165) is 84.4 Å². The summed E-state index contributed by atoms with van der Waals surface area (Å²) in [7, 11) is 0. The highest BCUT2D eigenvalue weighted by atomic mass is 16.5. The Morgan fingerprint density at radius 1 is 0.360 bits per heavy atom. The molecule has 0 aliphatic carbocycles. The number of hydrogen-bond acceptors (Lipinski definition) is 3. The summed E-state index contributed by atoms with van der Waals surface area (Å²) in [6, 6.07) is 91.8. The van der Waals surface area contributed by atoms with Crippen molar-refractivity contribution in [2.45, 2.75) is 26.2 Å². The SMILES string of the molecule is CC(C)(C)c1cc2c3c(c1)N(c1c(-c4ccccc4)cccc1-c1ccccc1)c1cc(-n4c5ccccc5c5ccccc54)ccc1B3c1cccc3c1N2c1ccccc1-c1ccccc1Oc1ccccc1-3. The van der Waals surface area contributed by atoms with E-state index in [1.807, 2.05) is 0 Å². The monoisotopic (exact) mass is 959 g/mol. The molecule has 0 atom stereocenters. The lowest BCUT2D eigenvalue weighted by Crippen LogP contribution is -2.61. The van der Waals surface area contributed by atoms with E-state index in [0.29, 0.717) is 0 Å². The van der Waals surface area contributed by atoms with Crippen LogP contribution in [-0.2, 0) is 5.41 Å². The van der Waals surface area contributed by atoms with E-state index in [9.17, 15) is 0 Å². The normalized spacial score (nSPS) is 13.0. The molecule has 11 aromatic carbocycles. The van der Waals surface area contributed by atoms with Gasteiger partial charge >= 0.3 is 0 Å². The molecule has 0 saturated carbocycles. The number of para-hydroxylation sites is 7. The van der Waals surface area contributed by atoms with Gasteiger partial charge in [-0.3, -0.25) is 0 Å². The van der Waals surface area contributed by atoms with Crippen LogP contribution in [0.1, 0.15) is 26.3 Å². The highest BCUT2D eigenvalue weighted by Gasteiger charge is 2.46. The molecule has 0 fully saturated rings. The fourth-order valence-electron chi connectivity index (χ4n) is 12.6. The molecule has 0 radical (unpaired) electrons. The Morgan fingerprint density at radius 3 is 1.48 bits per heavy atom. The maximum absolute atomic E-state index is 7.07. The third-order valence-electron chi connectivity index (χ3n) is 15.9. The van der Waals surface area contributed by atoms with E-state index in [2.05, 4.69) is 284 Å². The smallest absolute Gasteiger partial charge is 0.252 e. The van der Waals surface area contributed by atoms with E-state index >= 15 is 0 Å². The molecule has 0 spiro atoms. The third kappa shape index (κ3) is 6.57. The average Bonchev–Trinajstić information content (AvgIpc) is 3.82. The van der Waals surface area contributed by atoms with Crippen molar-refractivity contribution in [3.8, 4) is 61.7 Å². The van der Waals surface area contributed by atoms with Crippen LogP contribution < -0.4 is 30.9 Å². The third-order valence-corrected chi connectivity index (χ3v) is 15.9. The molecule has 5 heteroatoms. The first kappa shape index (κ1) is 43.3. The van der Waals surface area contributed by atoms with Gasteiger partial charge in [0.05, 0.1) is 22.4 Å². The van der Waals surface area contributed by atoms with Gasteiger partial charge < -0.3 is 19.1 Å². The summed E-state index contributed by atoms with van der Waals surface area (Å²) in [6.07, 6.45) is 0. The molecule has 12 aromatic rings. The standard InChI is InChI=1S/C70H50BN3O/c1-70(2,3)47-42-63-67-64(43-47)74(68-49(45-22-6-4-7-23-45)31-20-32-50(68)46-24-8-5-9-25-46)62-44-48(72-59-35-15-10-26-51(59)52-27-11-16-36-60(52)72)40-41-57(62)71(67)58-34-21-33-56-55-30-14-19-39-66(55)75-65-38-18-13-29-54(65)53-28-12-17-37-61(53)73(63)69(56)58/h4-44H,1-3H3. The molecular weight excluding hydrogens is 910 g/mol. The zero-order chi connectivity index (χ0) is 49.9. The first-order chi connectivity index (χ1) is 36.9. The summed E-state index contributed by atoms with van der Waals surface area (Å²) in [4.78, 5) is 5.27. The minimum Gasteiger partial charge on any atom is -0.456 e. The summed E-state index contributed by atoms with van der Waals surface area (Å²) in [6.45, 7) is 6.93. The van der Waals surface area contributed by atoms with Crippen molar-refractivity contribution < 1.29 is 4.74 Å². The molecule has 15 rings (SSSR count). The first-order valence-corrected chi connectivity index (χ1v) is 26.1. The van der Waals surface area contributed by atoms with Gasteiger partial charge in [-0.15, -0.1) is 0 Å². The highest BCUT2D eigenvalue weighted by Crippen LogP contribution is 2.55. The van der Waals surface area contributed by atoms with Crippen molar-refractivity contribution >= 4 is 79.0 Å². The summed E-state index contributed by atoms with van der Waals surface area (Å²) in [5, 5.41) is 2.48. The Labute approximate surface area is 438 Å². The van der Waals surface area contributed by atoms with Crippen LogP contribution in [0.5, 0.6) is 11.5 Å². The molecule has 1 aromatic heterocycles. The summed E-state index contributed by atoms with van der Waals surface area (Å²) in [5.74, 6) is 1.65. The van der Waals surface area contributed by atoms with Crippen LogP contribution in [-0.4, -0.2) is 11.3 Å². The van der Waals surface area contributed by atoms with Gasteiger partial charge in [-0.1, -0.05) is 215 Å². The molecular formula is C70H50BN3O. The number of fused-ring (bicyclic) bond motifs is 13. The lowest BCUT2D eigenvalue weighted by Gasteiger charge is -2.46. The number of ether oxygens (including phenoxy) is 1. The molecule has 0 saturated heterocycles. The predicted octanol–water partition coefficient (Wildman–Crippen LogP) is 16.9. The molecule has 3 aliphatic heterocycles. The lowest BCUT2D eigenvalue weighted by molar-refractivity contribution is 0.486. The van der Waals surface area contributed by atoms with Crippen molar-refractivity contribution in [1.29, 1.82) is 0 Å². The minimum atomic E-state index is -0.234. The number of nitrogens with zero attached hydrogens (tertiary/aromatic N) is 3. The zero-order valence-corrected chi connectivity index (χ0v) is 42.0. The van der Waals surface area contributed by atoms with Gasteiger partial charge in [-0.2, -0.15) is 0 Å². The van der Waals surface area contributed by atoms with Gasteiger partial charge in [0.15, 0.2) is 0 Å². The number of aromatic nitrogens is 1. The van der Waals surface area contributed by atoms with Crippen LogP contribution in [0.4, 0.5) is 34.1 Å². The van der Waals surface area contributed by atoms with Crippen LogP contribution in [0.15, 0.2) is 249 Å². The second-order valence-corrected chi connectivity index (χ2v) is 21.2. The molecule has 0 unspecified atom stereocenters. The van der Waals surface area contributed by atoms with Crippen LogP contribution >= 0.6 is 0 Å².